The van der Waals surface area contributed by atoms with E-state index in [-0.39, 0.29) is 0 Å². The summed E-state index contributed by atoms with van der Waals surface area (Å²) in [5, 5.41) is 22.9. The lowest BCUT2D eigenvalue weighted by atomic mass is 9.86. The van der Waals surface area contributed by atoms with Crippen molar-refractivity contribution in [2.75, 3.05) is 0 Å². The summed E-state index contributed by atoms with van der Waals surface area (Å²) in [6.07, 6.45) is 8.61. The zero-order chi connectivity index (χ0) is 13.1. The van der Waals surface area contributed by atoms with Crippen molar-refractivity contribution in [3.63, 3.8) is 0 Å². The molecule has 0 aromatic carbocycles. The van der Waals surface area contributed by atoms with E-state index in [4.69, 9.17) is 5.21 Å². The molecule has 1 atom stereocenters. The lowest BCUT2D eigenvalue weighted by molar-refractivity contribution is 0.0880. The molecule has 0 rings (SSSR count). The summed E-state index contributed by atoms with van der Waals surface area (Å²) in [7, 11) is 0. The van der Waals surface area contributed by atoms with Crippen molar-refractivity contribution in [3.8, 4) is 0 Å². The van der Waals surface area contributed by atoms with Gasteiger partial charge in [0, 0.05) is 0 Å². The van der Waals surface area contributed by atoms with Crippen LogP contribution in [0.5, 0.6) is 0 Å². The van der Waals surface area contributed by atoms with Crippen LogP contribution in [0.4, 0.5) is 0 Å². The van der Waals surface area contributed by atoms with Crippen LogP contribution in [0.1, 0.15) is 78.6 Å². The average molecular weight is 243 g/mol. The van der Waals surface area contributed by atoms with Crippen molar-refractivity contribution in [1.82, 2.24) is 0 Å². The van der Waals surface area contributed by atoms with Gasteiger partial charge in [-0.15, -0.1) is 0 Å². The van der Waals surface area contributed by atoms with Crippen LogP contribution in [0.25, 0.3) is 0 Å². The predicted octanol–water partition coefficient (Wildman–Crippen LogP) is 4.12. The molecule has 3 heteroatoms. The van der Waals surface area contributed by atoms with Crippen molar-refractivity contribution >= 4 is 5.71 Å². The highest BCUT2D eigenvalue weighted by atomic mass is 16.4. The predicted molar refractivity (Wildman–Crippen MR) is 72.7 cm³/mol. The largest absolute Gasteiger partial charge is 0.411 e. The number of nitrogens with zero attached hydrogens (tertiary/aromatic N) is 1. The van der Waals surface area contributed by atoms with Crippen molar-refractivity contribution in [3.05, 3.63) is 0 Å². The van der Waals surface area contributed by atoms with Crippen LogP contribution in [-0.4, -0.2) is 21.6 Å². The molecule has 2 N–H and O–H groups in total. The second-order valence-electron chi connectivity index (χ2n) is 4.85. The number of rotatable bonds is 10. The highest BCUT2D eigenvalue weighted by molar-refractivity contribution is 5.91. The lowest BCUT2D eigenvalue weighted by Crippen LogP contribution is -2.38. The fourth-order valence-corrected chi connectivity index (χ4v) is 2.09. The fourth-order valence-electron chi connectivity index (χ4n) is 2.09. The summed E-state index contributed by atoms with van der Waals surface area (Å²) in [5.74, 6) is 0. The summed E-state index contributed by atoms with van der Waals surface area (Å²) in [4.78, 5) is 0. The van der Waals surface area contributed by atoms with Crippen molar-refractivity contribution in [2.24, 2.45) is 5.16 Å². The van der Waals surface area contributed by atoms with Crippen LogP contribution < -0.4 is 0 Å². The smallest absolute Gasteiger partial charge is 0.106 e. The van der Waals surface area contributed by atoms with Gasteiger partial charge in [-0.25, -0.2) is 0 Å². The molecule has 0 bridgehead atoms. The number of aliphatic hydroxyl groups is 1. The van der Waals surface area contributed by atoms with Crippen LogP contribution in [0.15, 0.2) is 5.16 Å². The zero-order valence-corrected chi connectivity index (χ0v) is 11.7. The van der Waals surface area contributed by atoms with Crippen LogP contribution in [0.3, 0.4) is 0 Å². The molecule has 0 aliphatic rings. The fraction of sp³-hybridized carbons (Fsp3) is 0.929. The van der Waals surface area contributed by atoms with E-state index in [0.29, 0.717) is 25.0 Å². The molecule has 0 radical (unpaired) electrons. The maximum atomic E-state index is 10.5. The van der Waals surface area contributed by atoms with Gasteiger partial charge in [0.05, 0.1) is 5.71 Å². The van der Waals surface area contributed by atoms with Crippen molar-refractivity contribution < 1.29 is 10.3 Å². The first-order valence-corrected chi connectivity index (χ1v) is 7.08. The van der Waals surface area contributed by atoms with E-state index < -0.39 is 5.60 Å². The second kappa shape index (κ2) is 9.46. The third-order valence-corrected chi connectivity index (χ3v) is 3.45. The third kappa shape index (κ3) is 6.06. The Morgan fingerprint density at radius 3 is 2.12 bits per heavy atom. The van der Waals surface area contributed by atoms with Gasteiger partial charge >= 0.3 is 0 Å². The first-order chi connectivity index (χ1) is 8.14. The van der Waals surface area contributed by atoms with Gasteiger partial charge < -0.3 is 10.3 Å². The van der Waals surface area contributed by atoms with Crippen LogP contribution in [0.2, 0.25) is 0 Å². The molecule has 0 aliphatic carbocycles. The lowest BCUT2D eigenvalue weighted by Gasteiger charge is -2.27. The molecular weight excluding hydrogens is 214 g/mol. The summed E-state index contributed by atoms with van der Waals surface area (Å²) in [5.41, 5.74) is -0.323. The van der Waals surface area contributed by atoms with Gasteiger partial charge in [-0.1, -0.05) is 58.0 Å². The second-order valence-corrected chi connectivity index (χ2v) is 4.85. The Hall–Kier alpha value is -0.570. The topological polar surface area (TPSA) is 52.8 Å². The highest BCUT2D eigenvalue weighted by Crippen LogP contribution is 2.24. The van der Waals surface area contributed by atoms with E-state index in [1.165, 1.54) is 12.8 Å². The van der Waals surface area contributed by atoms with Crippen molar-refractivity contribution in [1.29, 1.82) is 0 Å². The molecule has 0 aliphatic heterocycles. The van der Waals surface area contributed by atoms with E-state index in [1.54, 1.807) is 0 Å². The molecule has 0 heterocycles. The number of oxime groups is 1. The number of unbranched alkanes of at least 4 members (excludes halogenated alkanes) is 4. The molecule has 0 fully saturated rings. The molecule has 0 saturated heterocycles. The van der Waals surface area contributed by atoms with Crippen LogP contribution in [0, 0.1) is 0 Å². The maximum Gasteiger partial charge on any atom is 0.106 e. The van der Waals surface area contributed by atoms with E-state index >= 15 is 0 Å². The summed E-state index contributed by atoms with van der Waals surface area (Å²) in [6.45, 7) is 6.23. The summed E-state index contributed by atoms with van der Waals surface area (Å²) >= 11 is 0. The van der Waals surface area contributed by atoms with Gasteiger partial charge in [0.1, 0.15) is 5.60 Å². The van der Waals surface area contributed by atoms with Gasteiger partial charge in [0.15, 0.2) is 0 Å². The van der Waals surface area contributed by atoms with Gasteiger partial charge in [0.2, 0.25) is 0 Å². The Bertz CT molecular complexity index is 216. The normalized spacial score (nSPS) is 15.9. The molecule has 3 nitrogen and oxygen atoms in total. The van der Waals surface area contributed by atoms with Gasteiger partial charge in [-0.05, 0) is 25.7 Å². The maximum absolute atomic E-state index is 10.5. The summed E-state index contributed by atoms with van der Waals surface area (Å²) in [6, 6.07) is 0. The zero-order valence-electron chi connectivity index (χ0n) is 11.7. The van der Waals surface area contributed by atoms with Crippen molar-refractivity contribution in [2.45, 2.75) is 84.2 Å². The average Bonchev–Trinajstić information content (AvgIpc) is 2.35. The Morgan fingerprint density at radius 2 is 1.65 bits per heavy atom. The standard InChI is InChI=1S/C14H29NO2/c1-4-7-9-10-12-14(16,6-3)13(15-17)11-8-5-2/h16-17H,4-12H2,1-3H3. The Balaban J connectivity index is 4.30. The minimum Gasteiger partial charge on any atom is -0.411 e. The molecule has 0 aromatic rings. The molecule has 0 saturated carbocycles. The minimum absolute atomic E-state index is 0.568. The molecule has 17 heavy (non-hydrogen) atoms. The third-order valence-electron chi connectivity index (χ3n) is 3.45. The molecule has 1 unspecified atom stereocenters. The quantitative estimate of drug-likeness (QED) is 0.262. The summed E-state index contributed by atoms with van der Waals surface area (Å²) < 4.78 is 0. The molecule has 0 spiro atoms. The van der Waals surface area contributed by atoms with Gasteiger partial charge in [-0.3, -0.25) is 0 Å². The van der Waals surface area contributed by atoms with Crippen LogP contribution in [-0.2, 0) is 0 Å². The van der Waals surface area contributed by atoms with Crippen LogP contribution >= 0.6 is 0 Å². The van der Waals surface area contributed by atoms with Gasteiger partial charge in [-0.2, -0.15) is 0 Å². The van der Waals surface area contributed by atoms with Gasteiger partial charge in [0.25, 0.3) is 0 Å². The number of hydrogen-bond donors (Lipinski definition) is 2. The minimum atomic E-state index is -0.891. The SMILES string of the molecule is CCCCCCC(O)(CC)C(CCCC)=NO. The van der Waals surface area contributed by atoms with E-state index in [0.717, 1.165) is 25.7 Å². The van der Waals surface area contributed by atoms with E-state index in [2.05, 4.69) is 19.0 Å². The Kier molecular flexibility index (Phi) is 9.14. The molecule has 0 amide bonds. The monoisotopic (exact) mass is 243 g/mol. The first-order valence-electron chi connectivity index (χ1n) is 7.08. The molecular formula is C14H29NO2. The van der Waals surface area contributed by atoms with E-state index in [1.807, 2.05) is 6.92 Å². The first kappa shape index (κ1) is 16.4. The van der Waals surface area contributed by atoms with E-state index in [9.17, 15) is 5.11 Å². The Morgan fingerprint density at radius 1 is 1.00 bits per heavy atom. The number of hydrogen-bond acceptors (Lipinski definition) is 3. The Labute approximate surface area is 106 Å². The molecule has 102 valence electrons. The highest BCUT2D eigenvalue weighted by Gasteiger charge is 2.30. The molecule has 0 aromatic heterocycles.